The summed E-state index contributed by atoms with van der Waals surface area (Å²) in [7, 11) is 0. The number of carbonyl (C=O) groups is 1. The van der Waals surface area contributed by atoms with Crippen molar-refractivity contribution in [2.45, 2.75) is 63.1 Å². The van der Waals surface area contributed by atoms with Crippen LogP contribution in [0.5, 0.6) is 5.75 Å². The zero-order chi connectivity index (χ0) is 24.7. The molecule has 1 heterocycles. The lowest BCUT2D eigenvalue weighted by molar-refractivity contribution is -0.138. The van der Waals surface area contributed by atoms with Gasteiger partial charge in [0.15, 0.2) is 0 Å². The van der Waals surface area contributed by atoms with Crippen molar-refractivity contribution in [3.8, 4) is 5.75 Å². The van der Waals surface area contributed by atoms with Crippen LogP contribution in [0.1, 0.15) is 79.2 Å². The van der Waals surface area contributed by atoms with Gasteiger partial charge >= 0.3 is 12.1 Å². The molecule has 35 heavy (non-hydrogen) atoms. The minimum absolute atomic E-state index is 0.0317. The predicted molar refractivity (Wildman–Crippen MR) is 127 cm³/mol. The van der Waals surface area contributed by atoms with E-state index in [9.17, 15) is 23.1 Å². The average Bonchev–Trinajstić information content (AvgIpc) is 3.68. The van der Waals surface area contributed by atoms with Crippen LogP contribution in [0.15, 0.2) is 42.5 Å². The molecule has 7 heteroatoms. The molecule has 4 nitrogen and oxygen atoms in total. The van der Waals surface area contributed by atoms with E-state index < -0.39 is 17.7 Å². The van der Waals surface area contributed by atoms with Gasteiger partial charge in [0, 0.05) is 25.0 Å². The van der Waals surface area contributed by atoms with Crippen LogP contribution in [-0.2, 0) is 11.0 Å². The number of aliphatic carboxylic acids is 1. The number of halogens is 3. The lowest BCUT2D eigenvalue weighted by Gasteiger charge is -2.43. The molecule has 188 valence electrons. The van der Waals surface area contributed by atoms with Crippen LogP contribution in [0.3, 0.4) is 0 Å². The molecule has 3 fully saturated rings. The average molecular weight is 488 g/mol. The van der Waals surface area contributed by atoms with Crippen molar-refractivity contribution in [2.24, 2.45) is 11.8 Å². The molecule has 1 aliphatic heterocycles. The zero-order valence-corrected chi connectivity index (χ0v) is 19.9. The molecular weight excluding hydrogens is 455 g/mol. The summed E-state index contributed by atoms with van der Waals surface area (Å²) in [6, 6.07) is 12.0. The van der Waals surface area contributed by atoms with E-state index in [2.05, 4.69) is 4.90 Å². The lowest BCUT2D eigenvalue weighted by atomic mass is 9.90. The van der Waals surface area contributed by atoms with E-state index in [1.807, 2.05) is 31.2 Å². The standard InChI is InChI=1S/C28H32F3NO3/c1-17(25-12-22(28(29,30)31)9-10-24(25)19-5-6-19)32-14-18(15-32)16-35-23-4-2-3-21(11-23)26(13-27(33)34)20-7-8-20/h2-4,9-12,17-20,26H,5-8,13-16H2,1H3,(H,33,34)/t17?,26-/m0/s1. The Morgan fingerprint density at radius 2 is 1.86 bits per heavy atom. The molecule has 0 radical (unpaired) electrons. The highest BCUT2D eigenvalue weighted by Crippen LogP contribution is 2.47. The maximum absolute atomic E-state index is 13.3. The molecule has 2 saturated carbocycles. The fourth-order valence-electron chi connectivity index (χ4n) is 5.40. The van der Waals surface area contributed by atoms with Crippen LogP contribution >= 0.6 is 0 Å². The normalized spacial score (nSPS) is 20.8. The quantitative estimate of drug-likeness (QED) is 0.409. The third-order valence-corrected chi connectivity index (χ3v) is 7.77. The van der Waals surface area contributed by atoms with Gasteiger partial charge < -0.3 is 9.84 Å². The number of alkyl halides is 3. The molecule has 2 aromatic rings. The van der Waals surface area contributed by atoms with Gasteiger partial charge in [0.2, 0.25) is 0 Å². The van der Waals surface area contributed by atoms with Crippen molar-refractivity contribution in [3.63, 3.8) is 0 Å². The Kier molecular flexibility index (Phi) is 6.55. The summed E-state index contributed by atoms with van der Waals surface area (Å²) < 4.78 is 46.0. The maximum atomic E-state index is 13.3. The van der Waals surface area contributed by atoms with Crippen LogP contribution < -0.4 is 4.74 Å². The van der Waals surface area contributed by atoms with E-state index >= 15 is 0 Å². The van der Waals surface area contributed by atoms with Crippen molar-refractivity contribution in [3.05, 3.63) is 64.7 Å². The van der Waals surface area contributed by atoms with Gasteiger partial charge in [-0.2, -0.15) is 13.2 Å². The summed E-state index contributed by atoms with van der Waals surface area (Å²) in [5, 5.41) is 9.27. The first kappa shape index (κ1) is 24.2. The topological polar surface area (TPSA) is 49.8 Å². The third-order valence-electron chi connectivity index (χ3n) is 7.77. The smallest absolute Gasteiger partial charge is 0.416 e. The lowest BCUT2D eigenvalue weighted by Crippen LogP contribution is -2.50. The first-order valence-corrected chi connectivity index (χ1v) is 12.6. The van der Waals surface area contributed by atoms with Crippen molar-refractivity contribution in [1.82, 2.24) is 4.90 Å². The van der Waals surface area contributed by atoms with Gasteiger partial charge in [-0.15, -0.1) is 0 Å². The summed E-state index contributed by atoms with van der Waals surface area (Å²) in [6.45, 7) is 4.11. The number of ether oxygens (including phenoxy) is 1. The summed E-state index contributed by atoms with van der Waals surface area (Å²) in [5.74, 6) is 1.16. The minimum atomic E-state index is -4.33. The van der Waals surface area contributed by atoms with Crippen LogP contribution in [0.2, 0.25) is 0 Å². The fourth-order valence-corrected chi connectivity index (χ4v) is 5.40. The first-order chi connectivity index (χ1) is 16.7. The summed E-state index contributed by atoms with van der Waals surface area (Å²) in [4.78, 5) is 13.5. The van der Waals surface area contributed by atoms with Gasteiger partial charge in [-0.1, -0.05) is 18.2 Å². The number of benzene rings is 2. The van der Waals surface area contributed by atoms with Crippen molar-refractivity contribution in [2.75, 3.05) is 19.7 Å². The predicted octanol–water partition coefficient (Wildman–Crippen LogP) is 6.62. The Morgan fingerprint density at radius 1 is 1.11 bits per heavy atom. The van der Waals surface area contributed by atoms with Crippen LogP contribution in [0, 0.1) is 11.8 Å². The summed E-state index contributed by atoms with van der Waals surface area (Å²) >= 11 is 0. The molecular formula is C28H32F3NO3. The van der Waals surface area contributed by atoms with E-state index in [4.69, 9.17) is 4.74 Å². The van der Waals surface area contributed by atoms with E-state index in [0.29, 0.717) is 24.4 Å². The van der Waals surface area contributed by atoms with E-state index in [1.54, 1.807) is 6.07 Å². The molecule has 3 aliphatic rings. The Morgan fingerprint density at radius 3 is 2.49 bits per heavy atom. The van der Waals surface area contributed by atoms with Crippen LogP contribution in [-0.4, -0.2) is 35.7 Å². The van der Waals surface area contributed by atoms with Crippen LogP contribution in [0.25, 0.3) is 0 Å². The second-order valence-corrected chi connectivity index (χ2v) is 10.5. The van der Waals surface area contributed by atoms with Gasteiger partial charge in [0.1, 0.15) is 5.75 Å². The molecule has 2 atom stereocenters. The van der Waals surface area contributed by atoms with E-state index in [-0.39, 0.29) is 18.4 Å². The highest BCUT2D eigenvalue weighted by molar-refractivity contribution is 5.68. The van der Waals surface area contributed by atoms with E-state index in [0.717, 1.165) is 61.2 Å². The van der Waals surface area contributed by atoms with Crippen molar-refractivity contribution in [1.29, 1.82) is 0 Å². The monoisotopic (exact) mass is 487 g/mol. The number of carboxylic acids is 1. The second-order valence-electron chi connectivity index (χ2n) is 10.5. The van der Waals surface area contributed by atoms with Gasteiger partial charge in [-0.3, -0.25) is 9.69 Å². The largest absolute Gasteiger partial charge is 0.493 e. The Bertz CT molecular complexity index is 1070. The SMILES string of the molecule is CC(c1cc(C(F)(F)F)ccc1C1CC1)N1CC(COc2cccc([C@@H](CC(=O)O)C3CC3)c2)C1. The van der Waals surface area contributed by atoms with Gasteiger partial charge in [-0.25, -0.2) is 0 Å². The molecule has 1 N–H and O–H groups in total. The molecule has 2 aliphatic carbocycles. The zero-order valence-electron chi connectivity index (χ0n) is 19.9. The molecule has 0 aromatic heterocycles. The second kappa shape index (κ2) is 9.49. The molecule has 2 aromatic carbocycles. The molecule has 1 saturated heterocycles. The number of likely N-dealkylation sites (tertiary alicyclic amines) is 1. The number of carboxylic acid groups (broad SMARTS) is 1. The highest BCUT2D eigenvalue weighted by atomic mass is 19.4. The minimum Gasteiger partial charge on any atom is -0.493 e. The van der Waals surface area contributed by atoms with Crippen molar-refractivity contribution >= 4 is 5.97 Å². The van der Waals surface area contributed by atoms with Crippen LogP contribution in [0.4, 0.5) is 13.2 Å². The first-order valence-electron chi connectivity index (χ1n) is 12.6. The molecule has 0 spiro atoms. The number of hydrogen-bond donors (Lipinski definition) is 1. The molecule has 0 bridgehead atoms. The molecule has 1 unspecified atom stereocenters. The number of rotatable bonds is 10. The summed E-state index contributed by atoms with van der Waals surface area (Å²) in [6.07, 6.45) is 0.0612. The van der Waals surface area contributed by atoms with E-state index in [1.165, 1.54) is 12.1 Å². The fraction of sp³-hybridized carbons (Fsp3) is 0.536. The summed E-state index contributed by atoms with van der Waals surface area (Å²) in [5.41, 5.74) is 2.32. The Labute approximate surface area is 204 Å². The third kappa shape index (κ3) is 5.66. The number of hydrogen-bond acceptors (Lipinski definition) is 3. The Balaban J connectivity index is 1.18. The van der Waals surface area contributed by atoms with Gasteiger partial charge in [0.25, 0.3) is 0 Å². The molecule has 0 amide bonds. The van der Waals surface area contributed by atoms with Gasteiger partial charge in [-0.05, 0) is 91.3 Å². The highest BCUT2D eigenvalue weighted by Gasteiger charge is 2.38. The van der Waals surface area contributed by atoms with Gasteiger partial charge in [0.05, 0.1) is 18.6 Å². The molecule has 5 rings (SSSR count). The van der Waals surface area contributed by atoms with Crippen molar-refractivity contribution < 1.29 is 27.8 Å². The Hall–Kier alpha value is -2.54. The number of nitrogens with zero attached hydrogens (tertiary/aromatic N) is 1. The maximum Gasteiger partial charge on any atom is 0.416 e.